The Balaban J connectivity index is 1.55. The minimum absolute atomic E-state index is 0.0563. The maximum atomic E-state index is 11.7. The van der Waals surface area contributed by atoms with Gasteiger partial charge in [0.05, 0.1) is 10.2 Å². The number of aromatic nitrogens is 1. The summed E-state index contributed by atoms with van der Waals surface area (Å²) in [4.78, 5) is 19.4. The molecule has 2 aromatic rings. The van der Waals surface area contributed by atoms with Crippen LogP contribution in [0.2, 0.25) is 0 Å². The lowest BCUT2D eigenvalue weighted by Gasteiger charge is -2.53. The molecule has 110 valence electrons. The summed E-state index contributed by atoms with van der Waals surface area (Å²) in [6.45, 7) is 1.67. The van der Waals surface area contributed by atoms with Gasteiger partial charge in [0.15, 0.2) is 0 Å². The lowest BCUT2D eigenvalue weighted by Crippen LogP contribution is -2.66. The zero-order valence-corrected chi connectivity index (χ0v) is 12.6. The highest BCUT2D eigenvalue weighted by molar-refractivity contribution is 7.19. The monoisotopic (exact) mass is 302 g/mol. The number of hydrogen-bond donors (Lipinski definition) is 1. The average molecular weight is 302 g/mol. The van der Waals surface area contributed by atoms with E-state index in [1.54, 1.807) is 17.5 Å². The third-order valence-electron chi connectivity index (χ3n) is 4.99. The van der Waals surface area contributed by atoms with E-state index in [1.807, 2.05) is 6.07 Å². The van der Waals surface area contributed by atoms with Crippen molar-refractivity contribution in [1.29, 1.82) is 0 Å². The standard InChI is InChI=1S/C16H18N2O2S/c19-15(20)14-16(5-1-2-6-16)10-18(14)9-11-8-12-13(21-11)4-3-7-17-12/h3-4,7-8,14H,1-2,5-6,9-10H2,(H,19,20). The molecule has 0 amide bonds. The fourth-order valence-corrected chi connectivity index (χ4v) is 5.18. The summed E-state index contributed by atoms with van der Waals surface area (Å²) < 4.78 is 1.18. The number of aliphatic carboxylic acids is 1. The molecule has 2 fully saturated rings. The van der Waals surface area contributed by atoms with Crippen molar-refractivity contribution in [1.82, 2.24) is 9.88 Å². The van der Waals surface area contributed by atoms with Crippen LogP contribution in [0.5, 0.6) is 0 Å². The van der Waals surface area contributed by atoms with E-state index in [4.69, 9.17) is 0 Å². The molecule has 1 saturated heterocycles. The molecule has 2 aliphatic rings. The average Bonchev–Trinajstić information content (AvgIpc) is 3.04. The smallest absolute Gasteiger partial charge is 0.321 e. The molecule has 1 aliphatic heterocycles. The van der Waals surface area contributed by atoms with E-state index in [0.29, 0.717) is 0 Å². The van der Waals surface area contributed by atoms with Gasteiger partial charge in [-0.25, -0.2) is 0 Å². The number of fused-ring (bicyclic) bond motifs is 1. The Hall–Kier alpha value is -1.46. The molecule has 1 saturated carbocycles. The molecule has 1 unspecified atom stereocenters. The van der Waals surface area contributed by atoms with Crippen molar-refractivity contribution >= 4 is 27.5 Å². The normalized spacial score (nSPS) is 24.5. The molecule has 1 N–H and O–H groups in total. The van der Waals surface area contributed by atoms with Gasteiger partial charge in [-0.2, -0.15) is 0 Å². The zero-order valence-electron chi connectivity index (χ0n) is 11.8. The number of carboxylic acids is 1. The largest absolute Gasteiger partial charge is 0.480 e. The van der Waals surface area contributed by atoms with Crippen LogP contribution >= 0.6 is 11.3 Å². The Morgan fingerprint density at radius 2 is 2.29 bits per heavy atom. The molecule has 21 heavy (non-hydrogen) atoms. The topological polar surface area (TPSA) is 53.4 Å². The van der Waals surface area contributed by atoms with E-state index in [2.05, 4.69) is 22.0 Å². The molecule has 1 spiro atoms. The molecule has 4 rings (SSSR count). The zero-order chi connectivity index (χ0) is 14.4. The number of nitrogens with zero attached hydrogens (tertiary/aromatic N) is 2. The first-order valence-corrected chi connectivity index (χ1v) is 8.30. The molecule has 0 aromatic carbocycles. The number of likely N-dealkylation sites (tertiary alicyclic amines) is 1. The van der Waals surface area contributed by atoms with Gasteiger partial charge in [-0.05, 0) is 31.0 Å². The van der Waals surface area contributed by atoms with Gasteiger partial charge >= 0.3 is 5.97 Å². The summed E-state index contributed by atoms with van der Waals surface area (Å²) >= 11 is 1.72. The first-order valence-electron chi connectivity index (χ1n) is 7.48. The minimum Gasteiger partial charge on any atom is -0.480 e. The summed E-state index contributed by atoms with van der Waals surface area (Å²) in [5.74, 6) is -0.651. The number of pyridine rings is 1. The summed E-state index contributed by atoms with van der Waals surface area (Å²) in [6.07, 6.45) is 6.33. The van der Waals surface area contributed by atoms with Crippen molar-refractivity contribution in [2.24, 2.45) is 5.41 Å². The van der Waals surface area contributed by atoms with Gasteiger partial charge in [0.25, 0.3) is 0 Å². The third kappa shape index (κ3) is 2.07. The molecule has 5 heteroatoms. The van der Waals surface area contributed by atoms with Crippen LogP contribution in [-0.2, 0) is 11.3 Å². The van der Waals surface area contributed by atoms with Crippen LogP contribution in [0.4, 0.5) is 0 Å². The fraction of sp³-hybridized carbons (Fsp3) is 0.500. The van der Waals surface area contributed by atoms with Crippen molar-refractivity contribution < 1.29 is 9.90 Å². The SMILES string of the molecule is O=C(O)C1N(Cc2cc3ncccc3s2)CC12CCCC2. The summed E-state index contributed by atoms with van der Waals surface area (Å²) in [6, 6.07) is 5.82. The van der Waals surface area contributed by atoms with E-state index in [0.717, 1.165) is 31.4 Å². The van der Waals surface area contributed by atoms with Gasteiger partial charge < -0.3 is 5.11 Å². The van der Waals surface area contributed by atoms with Gasteiger partial charge in [-0.15, -0.1) is 11.3 Å². The highest BCUT2D eigenvalue weighted by Crippen LogP contribution is 2.51. The maximum Gasteiger partial charge on any atom is 0.321 e. The van der Waals surface area contributed by atoms with Crippen LogP contribution in [0.25, 0.3) is 10.2 Å². The number of carbonyl (C=O) groups is 1. The Labute approximate surface area is 127 Å². The van der Waals surface area contributed by atoms with Crippen LogP contribution in [0, 0.1) is 5.41 Å². The first kappa shape index (κ1) is 13.2. The van der Waals surface area contributed by atoms with Crippen molar-refractivity contribution in [3.8, 4) is 0 Å². The lowest BCUT2D eigenvalue weighted by atomic mass is 9.70. The molecular formula is C16H18N2O2S. The predicted molar refractivity (Wildman–Crippen MR) is 82.4 cm³/mol. The predicted octanol–water partition coefficient (Wildman–Crippen LogP) is 3.13. The molecule has 1 aliphatic carbocycles. The Bertz CT molecular complexity index is 657. The number of hydrogen-bond acceptors (Lipinski definition) is 4. The second-order valence-electron chi connectivity index (χ2n) is 6.31. The molecular weight excluding hydrogens is 284 g/mol. The van der Waals surface area contributed by atoms with E-state index < -0.39 is 5.97 Å². The minimum atomic E-state index is -0.651. The molecule has 0 bridgehead atoms. The van der Waals surface area contributed by atoms with Crippen molar-refractivity contribution in [3.05, 3.63) is 29.3 Å². The van der Waals surface area contributed by atoms with E-state index >= 15 is 0 Å². The van der Waals surface area contributed by atoms with Gasteiger partial charge in [-0.3, -0.25) is 14.7 Å². The summed E-state index contributed by atoms with van der Waals surface area (Å²) in [7, 11) is 0. The van der Waals surface area contributed by atoms with Crippen LogP contribution in [0.3, 0.4) is 0 Å². The maximum absolute atomic E-state index is 11.7. The van der Waals surface area contributed by atoms with E-state index in [1.165, 1.54) is 22.4 Å². The van der Waals surface area contributed by atoms with E-state index in [-0.39, 0.29) is 11.5 Å². The van der Waals surface area contributed by atoms with Crippen molar-refractivity contribution in [2.75, 3.05) is 6.54 Å². The lowest BCUT2D eigenvalue weighted by molar-refractivity contribution is -0.165. The van der Waals surface area contributed by atoms with Crippen LogP contribution in [0.15, 0.2) is 24.4 Å². The fourth-order valence-electron chi connectivity index (χ4n) is 4.13. The summed E-state index contributed by atoms with van der Waals surface area (Å²) in [5, 5.41) is 9.60. The first-order chi connectivity index (χ1) is 10.2. The molecule has 0 radical (unpaired) electrons. The van der Waals surface area contributed by atoms with Crippen LogP contribution in [-0.4, -0.2) is 33.5 Å². The van der Waals surface area contributed by atoms with Gasteiger partial charge in [-0.1, -0.05) is 12.8 Å². The number of thiophene rings is 1. The Morgan fingerprint density at radius 1 is 1.48 bits per heavy atom. The van der Waals surface area contributed by atoms with Crippen LogP contribution in [0.1, 0.15) is 30.6 Å². The molecule has 3 heterocycles. The third-order valence-corrected chi connectivity index (χ3v) is 6.07. The van der Waals surface area contributed by atoms with Crippen molar-refractivity contribution in [2.45, 2.75) is 38.3 Å². The molecule has 1 atom stereocenters. The van der Waals surface area contributed by atoms with E-state index in [9.17, 15) is 9.90 Å². The van der Waals surface area contributed by atoms with Crippen LogP contribution < -0.4 is 0 Å². The van der Waals surface area contributed by atoms with Gasteiger partial charge in [0.1, 0.15) is 6.04 Å². The summed E-state index contributed by atoms with van der Waals surface area (Å²) in [5.41, 5.74) is 1.07. The number of rotatable bonds is 3. The Kier molecular flexibility index (Phi) is 3.01. The Morgan fingerprint density at radius 3 is 3.00 bits per heavy atom. The van der Waals surface area contributed by atoms with Gasteiger partial charge in [0, 0.05) is 29.6 Å². The quantitative estimate of drug-likeness (QED) is 0.946. The number of carboxylic acid groups (broad SMARTS) is 1. The highest BCUT2D eigenvalue weighted by Gasteiger charge is 2.56. The highest BCUT2D eigenvalue weighted by atomic mass is 32.1. The second kappa shape index (κ2) is 4.78. The molecule has 2 aromatic heterocycles. The molecule has 4 nitrogen and oxygen atoms in total. The van der Waals surface area contributed by atoms with Crippen molar-refractivity contribution in [3.63, 3.8) is 0 Å². The second-order valence-corrected chi connectivity index (χ2v) is 7.48. The van der Waals surface area contributed by atoms with Gasteiger partial charge in [0.2, 0.25) is 0 Å².